The van der Waals surface area contributed by atoms with Gasteiger partial charge in [-0.2, -0.15) is 8.78 Å². The summed E-state index contributed by atoms with van der Waals surface area (Å²) in [5.74, 6) is 0. The molecule has 44 valence electrons. The second-order valence-electron chi connectivity index (χ2n) is 1.46. The molecule has 0 fully saturated rings. The average Bonchev–Trinajstić information content (AvgIpc) is 1.31. The van der Waals surface area contributed by atoms with Gasteiger partial charge in [0, 0.05) is 0 Å². The molecular weight excluding hydrogens is 102 g/mol. The first-order valence-corrected chi connectivity index (χ1v) is 1.87. The molecule has 0 aliphatic heterocycles. The van der Waals surface area contributed by atoms with Gasteiger partial charge in [0.25, 0.3) is 0 Å². The molecule has 0 radical (unpaired) electrons. The second-order valence-corrected chi connectivity index (χ2v) is 1.46. The summed E-state index contributed by atoms with van der Waals surface area (Å²) in [6.07, 6.45) is 0. The van der Waals surface area contributed by atoms with Crippen molar-refractivity contribution in [3.05, 3.63) is 0 Å². The van der Waals surface area contributed by atoms with Crippen molar-refractivity contribution >= 4 is 0 Å². The van der Waals surface area contributed by atoms with E-state index in [2.05, 4.69) is 5.73 Å². The Kier molecular flexibility index (Phi) is 1.66. The van der Waals surface area contributed by atoms with E-state index in [0.717, 1.165) is 6.92 Å². The Morgan fingerprint density at radius 1 is 1.57 bits per heavy atom. The third-order valence-electron chi connectivity index (χ3n) is 0.607. The van der Waals surface area contributed by atoms with Crippen molar-refractivity contribution in [2.24, 2.45) is 11.5 Å². The summed E-state index contributed by atoms with van der Waals surface area (Å²) in [7, 11) is 0. The smallest absolute Gasteiger partial charge is 0.314 e. The van der Waals surface area contributed by atoms with Crippen molar-refractivity contribution in [2.75, 3.05) is 0 Å². The monoisotopic (exact) mass is 110 g/mol. The highest BCUT2D eigenvalue weighted by molar-refractivity contribution is 4.66. The van der Waals surface area contributed by atoms with Gasteiger partial charge in [-0.1, -0.05) is 0 Å². The highest BCUT2D eigenvalue weighted by atomic mass is 19.3. The molecule has 0 aromatic carbocycles. The van der Waals surface area contributed by atoms with Gasteiger partial charge in [-0.3, -0.25) is 5.73 Å². The topological polar surface area (TPSA) is 52.0 Å². The molecule has 4 N–H and O–H groups in total. The zero-order chi connectivity index (χ0) is 6.08. The third kappa shape index (κ3) is 2.47. The molecular formula is C3H8F2N2. The van der Waals surface area contributed by atoms with E-state index < -0.39 is 12.1 Å². The zero-order valence-electron chi connectivity index (χ0n) is 3.99. The molecule has 0 rings (SSSR count). The summed E-state index contributed by atoms with van der Waals surface area (Å²) in [6.45, 7) is 1.15. The molecule has 0 aromatic rings. The Morgan fingerprint density at radius 2 is 1.71 bits per heavy atom. The normalized spacial score (nSPS) is 16.7. The van der Waals surface area contributed by atoms with Crippen LogP contribution in [0.15, 0.2) is 0 Å². The van der Waals surface area contributed by atoms with Gasteiger partial charge in [-0.25, -0.2) is 0 Å². The molecule has 0 aliphatic carbocycles. The Hall–Kier alpha value is -0.220. The SMILES string of the molecule is CC(N)C(N)(F)F. The first kappa shape index (κ1) is 6.78. The lowest BCUT2D eigenvalue weighted by atomic mass is 10.3. The minimum absolute atomic E-state index is 1.15. The van der Waals surface area contributed by atoms with E-state index in [1.807, 2.05) is 0 Å². The summed E-state index contributed by atoms with van der Waals surface area (Å²) < 4.78 is 23.0. The van der Waals surface area contributed by atoms with Crippen molar-refractivity contribution in [1.29, 1.82) is 0 Å². The van der Waals surface area contributed by atoms with Crippen molar-refractivity contribution < 1.29 is 8.78 Å². The number of hydrogen-bond acceptors (Lipinski definition) is 2. The summed E-state index contributed by atoms with van der Waals surface area (Å²) >= 11 is 0. The molecule has 0 saturated heterocycles. The summed E-state index contributed by atoms with van der Waals surface area (Å²) in [4.78, 5) is 0. The van der Waals surface area contributed by atoms with Crippen LogP contribution in [-0.2, 0) is 0 Å². The molecule has 0 aliphatic rings. The standard InChI is InChI=1S/C3H8F2N2/c1-2(6)3(4,5)7/h2H,6-7H2,1H3. The number of halogens is 2. The fourth-order valence-electron chi connectivity index (χ4n) is 0. The van der Waals surface area contributed by atoms with Crippen molar-refractivity contribution in [2.45, 2.75) is 19.0 Å². The largest absolute Gasteiger partial charge is 0.322 e. The van der Waals surface area contributed by atoms with Crippen LogP contribution in [0.2, 0.25) is 0 Å². The fourth-order valence-corrected chi connectivity index (χ4v) is 0. The molecule has 1 atom stereocenters. The highest BCUT2D eigenvalue weighted by Gasteiger charge is 2.26. The minimum atomic E-state index is -3.22. The number of nitrogens with two attached hydrogens (primary N) is 2. The second kappa shape index (κ2) is 1.71. The van der Waals surface area contributed by atoms with Gasteiger partial charge in [0.05, 0.1) is 6.04 Å². The van der Waals surface area contributed by atoms with Gasteiger partial charge in [0.2, 0.25) is 0 Å². The predicted molar refractivity (Wildman–Crippen MR) is 22.8 cm³/mol. The van der Waals surface area contributed by atoms with Gasteiger partial charge < -0.3 is 5.73 Å². The van der Waals surface area contributed by atoms with Gasteiger partial charge in [0.1, 0.15) is 0 Å². The van der Waals surface area contributed by atoms with E-state index in [-0.39, 0.29) is 0 Å². The molecule has 0 aromatic heterocycles. The molecule has 0 saturated carbocycles. The van der Waals surface area contributed by atoms with Crippen LogP contribution >= 0.6 is 0 Å². The molecule has 4 heteroatoms. The van der Waals surface area contributed by atoms with E-state index in [4.69, 9.17) is 5.73 Å². The lowest BCUT2D eigenvalue weighted by Crippen LogP contribution is -2.45. The maximum Gasteiger partial charge on any atom is 0.314 e. The Bertz CT molecular complexity index is 56.4. The van der Waals surface area contributed by atoms with Crippen LogP contribution in [0.5, 0.6) is 0 Å². The number of alkyl halides is 2. The van der Waals surface area contributed by atoms with E-state index in [1.54, 1.807) is 0 Å². The van der Waals surface area contributed by atoms with Gasteiger partial charge in [-0.15, -0.1) is 0 Å². The van der Waals surface area contributed by atoms with Crippen molar-refractivity contribution in [3.63, 3.8) is 0 Å². The Balaban J connectivity index is 3.54. The van der Waals surface area contributed by atoms with E-state index in [0.29, 0.717) is 0 Å². The van der Waals surface area contributed by atoms with E-state index in [1.165, 1.54) is 0 Å². The van der Waals surface area contributed by atoms with Crippen LogP contribution < -0.4 is 11.5 Å². The lowest BCUT2D eigenvalue weighted by Gasteiger charge is -2.12. The molecule has 0 spiro atoms. The van der Waals surface area contributed by atoms with Crippen LogP contribution in [0, 0.1) is 0 Å². The molecule has 7 heavy (non-hydrogen) atoms. The maximum atomic E-state index is 11.5. The summed E-state index contributed by atoms with van der Waals surface area (Å²) in [5, 5.41) is 0. The molecule has 2 nitrogen and oxygen atoms in total. The van der Waals surface area contributed by atoms with Crippen LogP contribution in [0.1, 0.15) is 6.92 Å². The fraction of sp³-hybridized carbons (Fsp3) is 1.00. The summed E-state index contributed by atoms with van der Waals surface area (Å²) in [5.41, 5.74) is 8.91. The Morgan fingerprint density at radius 3 is 1.71 bits per heavy atom. The predicted octanol–water partition coefficient (Wildman–Crippen LogP) is -0.115. The third-order valence-corrected chi connectivity index (χ3v) is 0.607. The summed E-state index contributed by atoms with van der Waals surface area (Å²) in [6, 6.07) is -4.48. The Labute approximate surface area is 40.5 Å². The molecule has 0 bridgehead atoms. The number of rotatable bonds is 1. The van der Waals surface area contributed by atoms with E-state index in [9.17, 15) is 8.78 Å². The van der Waals surface area contributed by atoms with Gasteiger partial charge >= 0.3 is 6.05 Å². The maximum absolute atomic E-state index is 11.5. The van der Waals surface area contributed by atoms with Crippen LogP contribution in [0.25, 0.3) is 0 Å². The first-order valence-electron chi connectivity index (χ1n) is 1.87. The van der Waals surface area contributed by atoms with Crippen molar-refractivity contribution in [1.82, 2.24) is 0 Å². The van der Waals surface area contributed by atoms with Crippen LogP contribution in [-0.4, -0.2) is 12.1 Å². The first-order chi connectivity index (χ1) is 2.94. The average molecular weight is 110 g/mol. The quantitative estimate of drug-likeness (QED) is 0.462. The van der Waals surface area contributed by atoms with Crippen LogP contribution in [0.4, 0.5) is 8.78 Å². The minimum Gasteiger partial charge on any atom is -0.322 e. The molecule has 0 amide bonds. The van der Waals surface area contributed by atoms with Gasteiger partial charge in [-0.05, 0) is 6.92 Å². The molecule has 0 heterocycles. The highest BCUT2D eigenvalue weighted by Crippen LogP contribution is 2.06. The van der Waals surface area contributed by atoms with Crippen LogP contribution in [0.3, 0.4) is 0 Å². The van der Waals surface area contributed by atoms with E-state index >= 15 is 0 Å². The van der Waals surface area contributed by atoms with Crippen molar-refractivity contribution in [3.8, 4) is 0 Å². The molecule has 1 unspecified atom stereocenters. The lowest BCUT2D eigenvalue weighted by molar-refractivity contribution is -0.0129. The van der Waals surface area contributed by atoms with Gasteiger partial charge in [0.15, 0.2) is 0 Å². The number of hydrogen-bond donors (Lipinski definition) is 2. The zero-order valence-corrected chi connectivity index (χ0v) is 3.99.